The number of nitrogens with zero attached hydrogens (tertiary/aromatic N) is 3. The molecule has 3 rings (SSSR count). The third-order valence-corrected chi connectivity index (χ3v) is 3.73. The van der Waals surface area contributed by atoms with Gasteiger partial charge in [0.15, 0.2) is 11.5 Å². The number of aliphatic hydroxyl groups excluding tert-OH is 1. The van der Waals surface area contributed by atoms with Crippen LogP contribution in [0, 0.1) is 6.92 Å². The first-order valence-electron chi connectivity index (χ1n) is 7.60. The Morgan fingerprint density at radius 2 is 2.39 bits per heavy atom. The molecule has 1 aliphatic heterocycles. The van der Waals surface area contributed by atoms with Gasteiger partial charge in [-0.2, -0.15) is 0 Å². The lowest BCUT2D eigenvalue weighted by Crippen LogP contribution is -2.42. The molecule has 23 heavy (non-hydrogen) atoms. The maximum atomic E-state index is 12.3. The number of likely N-dealkylation sites (tertiary alicyclic amines) is 1. The summed E-state index contributed by atoms with van der Waals surface area (Å²) in [7, 11) is 0. The number of hydrogen-bond acceptors (Lipinski definition) is 6. The Kier molecular flexibility index (Phi) is 4.57. The fraction of sp³-hybridized carbons (Fsp3) is 0.438. The first-order chi connectivity index (χ1) is 11.1. The molecule has 7 heteroatoms. The zero-order valence-corrected chi connectivity index (χ0v) is 12.9. The van der Waals surface area contributed by atoms with E-state index in [0.717, 1.165) is 18.5 Å². The normalized spacial score (nSPS) is 18.0. The van der Waals surface area contributed by atoms with Crippen LogP contribution in [0.15, 0.2) is 28.9 Å². The number of aliphatic hydroxyl groups is 1. The van der Waals surface area contributed by atoms with Crippen molar-refractivity contribution in [1.82, 2.24) is 15.0 Å². The van der Waals surface area contributed by atoms with Crippen molar-refractivity contribution >= 4 is 5.91 Å². The number of rotatable bonds is 4. The van der Waals surface area contributed by atoms with Gasteiger partial charge in [0.25, 0.3) is 5.91 Å². The number of aromatic nitrogens is 2. The van der Waals surface area contributed by atoms with Crippen molar-refractivity contribution in [2.45, 2.75) is 32.5 Å². The Bertz CT molecular complexity index is 668. The second-order valence-corrected chi connectivity index (χ2v) is 5.65. The third kappa shape index (κ3) is 3.87. The number of ether oxygens (including phenoxy) is 1. The van der Waals surface area contributed by atoms with E-state index in [2.05, 4.69) is 10.1 Å². The van der Waals surface area contributed by atoms with Crippen molar-refractivity contribution in [3.05, 3.63) is 41.5 Å². The van der Waals surface area contributed by atoms with Gasteiger partial charge in [-0.25, -0.2) is 0 Å². The summed E-state index contributed by atoms with van der Waals surface area (Å²) in [4.78, 5) is 18.0. The molecule has 0 radical (unpaired) electrons. The van der Waals surface area contributed by atoms with E-state index in [1.807, 2.05) is 19.1 Å². The number of pyridine rings is 1. The van der Waals surface area contributed by atoms with Crippen LogP contribution >= 0.6 is 0 Å². The maximum absolute atomic E-state index is 12.3. The fourth-order valence-electron chi connectivity index (χ4n) is 2.48. The van der Waals surface area contributed by atoms with E-state index in [0.29, 0.717) is 24.6 Å². The van der Waals surface area contributed by atoms with Crippen LogP contribution in [-0.4, -0.2) is 45.2 Å². The highest BCUT2D eigenvalue weighted by Gasteiger charge is 2.25. The fourth-order valence-corrected chi connectivity index (χ4v) is 2.48. The van der Waals surface area contributed by atoms with Gasteiger partial charge in [-0.3, -0.25) is 9.78 Å². The number of carbonyl (C=O) groups excluding carboxylic acids is 1. The van der Waals surface area contributed by atoms with Crippen LogP contribution in [0.3, 0.4) is 0 Å². The van der Waals surface area contributed by atoms with Gasteiger partial charge in [-0.1, -0.05) is 5.16 Å². The second kappa shape index (κ2) is 6.78. The lowest BCUT2D eigenvalue weighted by atomic mass is 10.1. The van der Waals surface area contributed by atoms with Gasteiger partial charge >= 0.3 is 0 Å². The minimum Gasteiger partial charge on any atom is -0.484 e. The van der Waals surface area contributed by atoms with Gasteiger partial charge in [-0.15, -0.1) is 0 Å². The number of β-amino-alcohol motifs (C(OH)–C–C–N with tert-alkyl or cyclic N) is 1. The number of carbonyl (C=O) groups is 1. The summed E-state index contributed by atoms with van der Waals surface area (Å²) in [5, 5.41) is 13.4. The van der Waals surface area contributed by atoms with Gasteiger partial charge < -0.3 is 19.3 Å². The van der Waals surface area contributed by atoms with Crippen molar-refractivity contribution in [1.29, 1.82) is 0 Å². The van der Waals surface area contributed by atoms with E-state index in [4.69, 9.17) is 9.26 Å². The molecular formula is C16H19N3O4. The highest BCUT2D eigenvalue weighted by Crippen LogP contribution is 2.16. The van der Waals surface area contributed by atoms with Gasteiger partial charge in [-0.05, 0) is 31.9 Å². The average molecular weight is 317 g/mol. The Morgan fingerprint density at radius 1 is 1.52 bits per heavy atom. The van der Waals surface area contributed by atoms with Crippen molar-refractivity contribution in [3.8, 4) is 5.75 Å². The van der Waals surface area contributed by atoms with E-state index in [1.165, 1.54) is 0 Å². The molecule has 2 aromatic rings. The van der Waals surface area contributed by atoms with Crippen LogP contribution in [0.1, 0.15) is 34.8 Å². The van der Waals surface area contributed by atoms with E-state index in [1.54, 1.807) is 17.2 Å². The van der Waals surface area contributed by atoms with Gasteiger partial charge in [0, 0.05) is 24.8 Å². The molecule has 7 nitrogen and oxygen atoms in total. The summed E-state index contributed by atoms with van der Waals surface area (Å²) in [5.41, 5.74) is 1.15. The molecule has 0 saturated carbocycles. The number of piperidine rings is 1. The standard InChI is InChI=1S/C16H19N3O4/c1-11-4-5-13(8-17-11)22-10-14-7-15(18-23-14)16(21)19-6-2-3-12(20)9-19/h4-5,7-8,12,20H,2-3,6,9-10H2,1H3/t12-/m0/s1. The van der Waals surface area contributed by atoms with Gasteiger partial charge in [0.1, 0.15) is 12.4 Å². The molecule has 0 bridgehead atoms. The Morgan fingerprint density at radius 3 is 3.13 bits per heavy atom. The zero-order valence-electron chi connectivity index (χ0n) is 12.9. The predicted molar refractivity (Wildman–Crippen MR) is 81.0 cm³/mol. The molecule has 1 N–H and O–H groups in total. The second-order valence-electron chi connectivity index (χ2n) is 5.65. The van der Waals surface area contributed by atoms with Crippen molar-refractivity contribution in [2.24, 2.45) is 0 Å². The van der Waals surface area contributed by atoms with E-state index < -0.39 is 6.10 Å². The Labute approximate surface area is 133 Å². The predicted octanol–water partition coefficient (Wildman–Crippen LogP) is 1.55. The number of hydrogen-bond donors (Lipinski definition) is 1. The molecule has 0 aromatic carbocycles. The summed E-state index contributed by atoms with van der Waals surface area (Å²) in [5.74, 6) is 0.862. The maximum Gasteiger partial charge on any atom is 0.276 e. The smallest absolute Gasteiger partial charge is 0.276 e. The van der Waals surface area contributed by atoms with Crippen LogP contribution in [0.5, 0.6) is 5.75 Å². The molecule has 1 fully saturated rings. The van der Waals surface area contributed by atoms with Crippen LogP contribution in [-0.2, 0) is 6.61 Å². The number of amides is 1. The SMILES string of the molecule is Cc1ccc(OCc2cc(C(=O)N3CCC[C@H](O)C3)no2)cn1. The minimum atomic E-state index is -0.462. The summed E-state index contributed by atoms with van der Waals surface area (Å²) in [6, 6.07) is 5.25. The lowest BCUT2D eigenvalue weighted by Gasteiger charge is -2.29. The Hall–Kier alpha value is -2.41. The third-order valence-electron chi connectivity index (χ3n) is 3.73. The average Bonchev–Trinajstić information content (AvgIpc) is 3.02. The van der Waals surface area contributed by atoms with Crippen LogP contribution in [0.25, 0.3) is 0 Å². The molecule has 122 valence electrons. The first-order valence-corrected chi connectivity index (χ1v) is 7.60. The topological polar surface area (TPSA) is 88.7 Å². The highest BCUT2D eigenvalue weighted by atomic mass is 16.5. The van der Waals surface area contributed by atoms with Gasteiger partial charge in [0.2, 0.25) is 0 Å². The number of aryl methyl sites for hydroxylation is 1. The van der Waals surface area contributed by atoms with E-state index in [-0.39, 0.29) is 18.2 Å². The molecular weight excluding hydrogens is 298 g/mol. The molecule has 2 aromatic heterocycles. The molecule has 0 unspecified atom stereocenters. The quantitative estimate of drug-likeness (QED) is 0.920. The molecule has 1 aliphatic rings. The minimum absolute atomic E-state index is 0.174. The molecule has 1 saturated heterocycles. The van der Waals surface area contributed by atoms with Gasteiger partial charge in [0.05, 0.1) is 12.3 Å². The van der Waals surface area contributed by atoms with Crippen molar-refractivity contribution < 1.29 is 19.2 Å². The molecule has 0 aliphatic carbocycles. The summed E-state index contributed by atoms with van der Waals surface area (Å²) >= 11 is 0. The molecule has 3 heterocycles. The summed E-state index contributed by atoms with van der Waals surface area (Å²) in [6.07, 6.45) is 2.69. The first kappa shape index (κ1) is 15.5. The van der Waals surface area contributed by atoms with Crippen LogP contribution in [0.2, 0.25) is 0 Å². The van der Waals surface area contributed by atoms with Crippen molar-refractivity contribution in [2.75, 3.05) is 13.1 Å². The van der Waals surface area contributed by atoms with Crippen molar-refractivity contribution in [3.63, 3.8) is 0 Å². The molecule has 1 amide bonds. The Balaban J connectivity index is 1.59. The van der Waals surface area contributed by atoms with E-state index >= 15 is 0 Å². The molecule has 1 atom stereocenters. The van der Waals surface area contributed by atoms with Crippen LogP contribution < -0.4 is 4.74 Å². The monoisotopic (exact) mass is 317 g/mol. The lowest BCUT2D eigenvalue weighted by molar-refractivity contribution is 0.0465. The highest BCUT2D eigenvalue weighted by molar-refractivity contribution is 5.92. The van der Waals surface area contributed by atoms with E-state index in [9.17, 15) is 9.90 Å². The molecule has 0 spiro atoms. The van der Waals surface area contributed by atoms with Crippen LogP contribution in [0.4, 0.5) is 0 Å². The largest absolute Gasteiger partial charge is 0.484 e. The summed E-state index contributed by atoms with van der Waals surface area (Å²) < 4.78 is 10.7. The summed E-state index contributed by atoms with van der Waals surface area (Å²) in [6.45, 7) is 3.04. The zero-order chi connectivity index (χ0) is 16.2.